The molecule has 4 aliphatic heterocycles. The van der Waals surface area contributed by atoms with Crippen molar-refractivity contribution in [1.82, 2.24) is 0 Å². The summed E-state index contributed by atoms with van der Waals surface area (Å²) in [6.07, 6.45) is -1.96. The molecule has 29 heavy (non-hydrogen) atoms. The van der Waals surface area contributed by atoms with Gasteiger partial charge in [0.25, 0.3) is 0 Å². The van der Waals surface area contributed by atoms with Crippen LogP contribution in [0.15, 0.2) is 11.1 Å². The molecule has 2 spiro atoms. The number of carbonyl (C=O) groups excluding carboxylic acids is 1. The molecule has 0 aromatic rings. The predicted octanol–water partition coefficient (Wildman–Crippen LogP) is -0.421. The second-order valence-corrected chi connectivity index (χ2v) is 10.7. The predicted molar refractivity (Wildman–Crippen MR) is 94.6 cm³/mol. The number of hydrogen-bond acceptors (Lipinski definition) is 8. The molecule has 7 rings (SSSR count). The highest BCUT2D eigenvalue weighted by molar-refractivity contribution is 5.93. The summed E-state index contributed by atoms with van der Waals surface area (Å²) < 4.78 is 24.0. The van der Waals surface area contributed by atoms with Gasteiger partial charge in [0.2, 0.25) is 0 Å². The lowest BCUT2D eigenvalue weighted by Gasteiger charge is -2.60. The number of fused-ring (bicyclic) bond motifs is 4. The summed E-state index contributed by atoms with van der Waals surface area (Å²) in [6.45, 7) is 7.62. The van der Waals surface area contributed by atoms with E-state index < -0.39 is 51.6 Å². The van der Waals surface area contributed by atoms with Crippen LogP contribution in [0.2, 0.25) is 0 Å². The number of rotatable bonds is 1. The first-order chi connectivity index (χ1) is 13.5. The zero-order chi connectivity index (χ0) is 20.6. The molecular formula is C21H26O8. The monoisotopic (exact) mass is 406 g/mol. The van der Waals surface area contributed by atoms with Crippen LogP contribution in [0.25, 0.3) is 0 Å². The lowest BCUT2D eigenvalue weighted by atomic mass is 9.42. The number of epoxide rings is 3. The molecule has 3 aliphatic carbocycles. The zero-order valence-electron chi connectivity index (χ0n) is 16.9. The molecule has 0 unspecified atom stereocenters. The maximum Gasteiger partial charge on any atom is 0.334 e. The van der Waals surface area contributed by atoms with E-state index in [1.165, 1.54) is 0 Å². The van der Waals surface area contributed by atoms with Gasteiger partial charge in [0.1, 0.15) is 41.2 Å². The molecule has 7 aliphatic rings. The fraction of sp³-hybridized carbons (Fsp3) is 0.857. The quantitative estimate of drug-likeness (QED) is 0.396. The standard InChI is InChI=1S/C21H26O8/c1-8(2)19-13(28-19)14-21(29-14)16(3)11(22)5-9-10(7-26-15(9)23)18(16,25)6-12-20(21,27-12)17(19,4)24/h8,11-14,22,24-25H,5-7H2,1-4H3/t11-,12+,13+,14+,16+,17-,18+,19+,20-,21-/m1/s1. The van der Waals surface area contributed by atoms with Gasteiger partial charge in [0, 0.05) is 24.0 Å². The Labute approximate surface area is 167 Å². The van der Waals surface area contributed by atoms with Gasteiger partial charge in [-0.3, -0.25) is 0 Å². The van der Waals surface area contributed by atoms with Crippen molar-refractivity contribution in [3.8, 4) is 0 Å². The summed E-state index contributed by atoms with van der Waals surface area (Å²) in [5.74, 6) is -0.433. The molecule has 8 heteroatoms. The summed E-state index contributed by atoms with van der Waals surface area (Å²) in [5, 5.41) is 35.3. The van der Waals surface area contributed by atoms with E-state index in [2.05, 4.69) is 0 Å². The SMILES string of the molecule is CC(C)[C@]12O[C@H]1[C@@H]1O[C@@]13[C@@]1(C)[C@H](O)CC4=C(COC4=O)[C@@]1(O)C[C@@H]1O[C@@]13[C@]2(C)O. The van der Waals surface area contributed by atoms with Gasteiger partial charge in [-0.25, -0.2) is 4.79 Å². The van der Waals surface area contributed by atoms with Crippen molar-refractivity contribution in [3.05, 3.63) is 11.1 Å². The number of aliphatic hydroxyl groups excluding tert-OH is 1. The fourth-order valence-electron chi connectivity index (χ4n) is 8.36. The van der Waals surface area contributed by atoms with E-state index >= 15 is 0 Å². The first-order valence-corrected chi connectivity index (χ1v) is 10.5. The lowest BCUT2D eigenvalue weighted by Crippen LogP contribution is -2.80. The van der Waals surface area contributed by atoms with Crippen LogP contribution in [-0.4, -0.2) is 80.3 Å². The summed E-state index contributed by atoms with van der Waals surface area (Å²) >= 11 is 0. The van der Waals surface area contributed by atoms with E-state index in [1.54, 1.807) is 6.92 Å². The van der Waals surface area contributed by atoms with Crippen molar-refractivity contribution < 1.29 is 39.1 Å². The van der Waals surface area contributed by atoms with Crippen molar-refractivity contribution in [2.24, 2.45) is 11.3 Å². The lowest BCUT2D eigenvalue weighted by molar-refractivity contribution is -0.221. The number of esters is 1. The molecule has 4 heterocycles. The summed E-state index contributed by atoms with van der Waals surface area (Å²) in [7, 11) is 0. The van der Waals surface area contributed by atoms with Gasteiger partial charge in [-0.05, 0) is 12.8 Å². The minimum absolute atomic E-state index is 0.0136. The molecule has 8 nitrogen and oxygen atoms in total. The summed E-state index contributed by atoms with van der Waals surface area (Å²) in [5.41, 5.74) is -6.08. The van der Waals surface area contributed by atoms with Crippen molar-refractivity contribution in [1.29, 1.82) is 0 Å². The topological polar surface area (TPSA) is 125 Å². The molecule has 10 atom stereocenters. The first kappa shape index (κ1) is 17.6. The molecule has 0 amide bonds. The number of cyclic esters (lactones) is 1. The van der Waals surface area contributed by atoms with E-state index in [0.29, 0.717) is 11.1 Å². The highest BCUT2D eigenvalue weighted by Crippen LogP contribution is 2.85. The van der Waals surface area contributed by atoms with E-state index in [-0.39, 0.29) is 37.6 Å². The molecule has 0 bridgehead atoms. The normalized spacial score (nSPS) is 65.6. The van der Waals surface area contributed by atoms with Crippen molar-refractivity contribution >= 4 is 5.97 Å². The second kappa shape index (κ2) is 4.18. The molecule has 158 valence electrons. The first-order valence-electron chi connectivity index (χ1n) is 10.5. The Hall–Kier alpha value is -1.03. The van der Waals surface area contributed by atoms with E-state index in [1.807, 2.05) is 20.8 Å². The third-order valence-corrected chi connectivity index (χ3v) is 9.87. The third-order valence-electron chi connectivity index (χ3n) is 9.87. The largest absolute Gasteiger partial charge is 0.458 e. The van der Waals surface area contributed by atoms with Crippen molar-refractivity contribution in [2.45, 2.75) is 93.0 Å². The Morgan fingerprint density at radius 2 is 1.79 bits per heavy atom. The average molecular weight is 406 g/mol. The van der Waals surface area contributed by atoms with Gasteiger partial charge >= 0.3 is 5.97 Å². The maximum atomic E-state index is 12.2. The van der Waals surface area contributed by atoms with Gasteiger partial charge in [-0.2, -0.15) is 0 Å². The van der Waals surface area contributed by atoms with E-state index in [4.69, 9.17) is 18.9 Å². The van der Waals surface area contributed by atoms with Gasteiger partial charge < -0.3 is 34.3 Å². The van der Waals surface area contributed by atoms with Crippen LogP contribution in [-0.2, 0) is 23.7 Å². The minimum atomic E-state index is -1.52. The van der Waals surface area contributed by atoms with Crippen LogP contribution < -0.4 is 0 Å². The third kappa shape index (κ3) is 1.27. The molecule has 0 aromatic carbocycles. The average Bonchev–Trinajstić information content (AvgIpc) is 3.52. The summed E-state index contributed by atoms with van der Waals surface area (Å²) in [4.78, 5) is 12.2. The molecule has 0 radical (unpaired) electrons. The van der Waals surface area contributed by atoms with Gasteiger partial charge in [-0.1, -0.05) is 20.8 Å². The van der Waals surface area contributed by atoms with E-state index in [9.17, 15) is 20.1 Å². The van der Waals surface area contributed by atoms with Gasteiger partial charge in [0.15, 0.2) is 5.60 Å². The van der Waals surface area contributed by atoms with Crippen LogP contribution in [0.3, 0.4) is 0 Å². The summed E-state index contributed by atoms with van der Waals surface area (Å²) in [6, 6.07) is 0. The molecular weight excluding hydrogens is 380 g/mol. The smallest absolute Gasteiger partial charge is 0.334 e. The number of carbonyl (C=O) groups is 1. The molecule has 0 aromatic heterocycles. The van der Waals surface area contributed by atoms with Crippen LogP contribution in [0.4, 0.5) is 0 Å². The Balaban J connectivity index is 1.47. The molecule has 2 saturated carbocycles. The highest BCUT2D eigenvalue weighted by Gasteiger charge is 3.05. The van der Waals surface area contributed by atoms with Crippen LogP contribution in [0.5, 0.6) is 0 Å². The zero-order valence-corrected chi connectivity index (χ0v) is 16.9. The van der Waals surface area contributed by atoms with Crippen molar-refractivity contribution in [3.63, 3.8) is 0 Å². The van der Waals surface area contributed by atoms with Crippen LogP contribution >= 0.6 is 0 Å². The van der Waals surface area contributed by atoms with Crippen LogP contribution in [0.1, 0.15) is 40.5 Å². The fourth-order valence-corrected chi connectivity index (χ4v) is 8.36. The Kier molecular flexibility index (Phi) is 2.54. The Morgan fingerprint density at radius 3 is 2.48 bits per heavy atom. The molecule has 5 fully saturated rings. The van der Waals surface area contributed by atoms with Gasteiger partial charge in [0.05, 0.1) is 17.6 Å². The Bertz CT molecular complexity index is 941. The highest BCUT2D eigenvalue weighted by atomic mass is 16.8. The van der Waals surface area contributed by atoms with E-state index in [0.717, 1.165) is 0 Å². The van der Waals surface area contributed by atoms with Gasteiger partial charge in [-0.15, -0.1) is 0 Å². The number of aliphatic hydroxyl groups is 3. The second-order valence-electron chi connectivity index (χ2n) is 10.7. The van der Waals surface area contributed by atoms with Crippen molar-refractivity contribution in [2.75, 3.05) is 6.61 Å². The maximum absolute atomic E-state index is 12.2. The Morgan fingerprint density at radius 1 is 1.07 bits per heavy atom. The molecule has 3 saturated heterocycles. The van der Waals surface area contributed by atoms with Crippen LogP contribution in [0, 0.1) is 11.3 Å². The number of hydrogen-bond donors (Lipinski definition) is 3. The molecule has 3 N–H and O–H groups in total. The minimum Gasteiger partial charge on any atom is -0.458 e. The number of ether oxygens (including phenoxy) is 4.